The smallest absolute Gasteiger partial charge is 0.250 e. The number of amides is 1. The summed E-state index contributed by atoms with van der Waals surface area (Å²) in [5.74, 6) is 0.415. The van der Waals surface area contributed by atoms with Crippen molar-refractivity contribution >= 4 is 49.1 Å². The molecule has 0 spiro atoms. The fourth-order valence-electron chi connectivity index (χ4n) is 4.36. The lowest BCUT2D eigenvalue weighted by atomic mass is 9.96. The molecule has 0 atom stereocenters. The molecule has 35 heavy (non-hydrogen) atoms. The topological polar surface area (TPSA) is 64.4 Å². The maximum atomic E-state index is 12.8. The van der Waals surface area contributed by atoms with Crippen LogP contribution in [0.2, 0.25) is 0 Å². The first-order valence-corrected chi connectivity index (χ1v) is 12.2. The number of methoxy groups -OCH3 is 1. The van der Waals surface area contributed by atoms with E-state index in [0.29, 0.717) is 10.9 Å². The molecule has 3 aromatic carbocycles. The second kappa shape index (κ2) is 9.04. The predicted octanol–water partition coefficient (Wildman–Crippen LogP) is 7.69. The van der Waals surface area contributed by atoms with Crippen molar-refractivity contribution in [3.63, 3.8) is 0 Å². The van der Waals surface area contributed by atoms with Gasteiger partial charge in [-0.3, -0.25) is 10.1 Å². The van der Waals surface area contributed by atoms with E-state index in [9.17, 15) is 4.79 Å². The maximum absolute atomic E-state index is 12.8. The average Bonchev–Trinajstić information content (AvgIpc) is 3.40. The number of ether oxygens (including phenoxy) is 1. The molecule has 1 amide bonds. The Morgan fingerprint density at radius 2 is 1.80 bits per heavy atom. The molecule has 0 bridgehead atoms. The standard InChI is InChI=1S/C29H26N2O3S/c1-16-6-8-20(18(3)10-16)23-15-34-26-14-25(33-5)21(13-22(23)26)19(4)12-28(32)31-29-30-24-9-7-17(2)11-27(24)35-29/h6-15H,1-5H3,(H,30,31,32)/b19-12+. The maximum Gasteiger partial charge on any atom is 0.250 e. The van der Waals surface area contributed by atoms with Crippen molar-refractivity contribution < 1.29 is 13.9 Å². The first-order valence-electron chi connectivity index (χ1n) is 11.4. The number of allylic oxidation sites excluding steroid dienone is 1. The number of aromatic nitrogens is 1. The van der Waals surface area contributed by atoms with Crippen LogP contribution in [0.5, 0.6) is 5.75 Å². The lowest BCUT2D eigenvalue weighted by Crippen LogP contribution is -2.08. The highest BCUT2D eigenvalue weighted by atomic mass is 32.1. The highest BCUT2D eigenvalue weighted by molar-refractivity contribution is 7.22. The van der Waals surface area contributed by atoms with Crippen molar-refractivity contribution in [1.82, 2.24) is 4.98 Å². The summed E-state index contributed by atoms with van der Waals surface area (Å²) in [6.45, 7) is 8.13. The molecule has 2 heterocycles. The van der Waals surface area contributed by atoms with E-state index >= 15 is 0 Å². The quantitative estimate of drug-likeness (QED) is 0.261. The van der Waals surface area contributed by atoms with Gasteiger partial charge in [-0.1, -0.05) is 41.2 Å². The molecule has 0 unspecified atom stereocenters. The minimum absolute atomic E-state index is 0.234. The molecule has 5 aromatic rings. The zero-order valence-electron chi connectivity index (χ0n) is 20.4. The number of rotatable bonds is 5. The molecular formula is C29H26N2O3S. The number of hydrogen-bond donors (Lipinski definition) is 1. The van der Waals surface area contributed by atoms with Crippen molar-refractivity contribution in [2.75, 3.05) is 12.4 Å². The van der Waals surface area contributed by atoms with Gasteiger partial charge in [-0.05, 0) is 68.2 Å². The number of aryl methyl sites for hydroxylation is 3. The Morgan fingerprint density at radius 1 is 1.03 bits per heavy atom. The molecule has 0 aliphatic rings. The van der Waals surface area contributed by atoms with Crippen LogP contribution in [-0.4, -0.2) is 18.0 Å². The molecule has 1 N–H and O–H groups in total. The monoisotopic (exact) mass is 482 g/mol. The van der Waals surface area contributed by atoms with Gasteiger partial charge in [0.05, 0.1) is 23.6 Å². The first kappa shape index (κ1) is 22.9. The van der Waals surface area contributed by atoms with E-state index in [-0.39, 0.29) is 5.91 Å². The highest BCUT2D eigenvalue weighted by Gasteiger charge is 2.16. The van der Waals surface area contributed by atoms with E-state index in [1.165, 1.54) is 22.5 Å². The fourth-order valence-corrected chi connectivity index (χ4v) is 5.32. The molecule has 5 nitrogen and oxygen atoms in total. The van der Waals surface area contributed by atoms with Crippen LogP contribution in [0.15, 0.2) is 65.3 Å². The van der Waals surface area contributed by atoms with E-state index in [1.54, 1.807) is 19.4 Å². The van der Waals surface area contributed by atoms with Crippen molar-refractivity contribution in [3.05, 3.63) is 83.1 Å². The summed E-state index contributed by atoms with van der Waals surface area (Å²) < 4.78 is 12.6. The predicted molar refractivity (Wildman–Crippen MR) is 144 cm³/mol. The Balaban J connectivity index is 1.49. The largest absolute Gasteiger partial charge is 0.496 e. The summed E-state index contributed by atoms with van der Waals surface area (Å²) in [5, 5.41) is 4.46. The van der Waals surface area contributed by atoms with Gasteiger partial charge in [-0.2, -0.15) is 0 Å². The van der Waals surface area contributed by atoms with Gasteiger partial charge in [0.1, 0.15) is 11.3 Å². The number of benzene rings is 3. The first-order chi connectivity index (χ1) is 16.8. The number of thiazole rings is 1. The van der Waals surface area contributed by atoms with Gasteiger partial charge in [0, 0.05) is 28.7 Å². The number of carbonyl (C=O) groups is 1. The third-order valence-corrected chi connectivity index (χ3v) is 7.05. The van der Waals surface area contributed by atoms with Crippen LogP contribution >= 0.6 is 11.3 Å². The van der Waals surface area contributed by atoms with Crippen molar-refractivity contribution in [2.45, 2.75) is 27.7 Å². The second-order valence-electron chi connectivity index (χ2n) is 8.82. The third-order valence-electron chi connectivity index (χ3n) is 6.11. The molecule has 0 radical (unpaired) electrons. The van der Waals surface area contributed by atoms with E-state index < -0.39 is 0 Å². The second-order valence-corrected chi connectivity index (χ2v) is 9.85. The van der Waals surface area contributed by atoms with Crippen LogP contribution in [0.1, 0.15) is 29.2 Å². The third kappa shape index (κ3) is 4.45. The van der Waals surface area contributed by atoms with Crippen LogP contribution in [0, 0.1) is 20.8 Å². The molecule has 0 aliphatic carbocycles. The molecule has 2 aromatic heterocycles. The molecule has 0 saturated carbocycles. The van der Waals surface area contributed by atoms with Crippen LogP contribution in [-0.2, 0) is 4.79 Å². The van der Waals surface area contributed by atoms with Crippen LogP contribution < -0.4 is 10.1 Å². The summed E-state index contributed by atoms with van der Waals surface area (Å²) in [7, 11) is 1.62. The molecule has 5 rings (SSSR count). The molecular weight excluding hydrogens is 456 g/mol. The minimum atomic E-state index is -0.234. The SMILES string of the molecule is COc1cc2occ(-c3ccc(C)cc3C)c2cc1/C(C)=C/C(=O)Nc1nc2ccc(C)cc2s1. The Kier molecular flexibility index (Phi) is 5.91. The van der Waals surface area contributed by atoms with Gasteiger partial charge in [0.25, 0.3) is 0 Å². The molecule has 0 aliphatic heterocycles. The normalized spacial score (nSPS) is 11.9. The molecule has 0 fully saturated rings. The Hall–Kier alpha value is -3.90. The number of anilines is 1. The summed E-state index contributed by atoms with van der Waals surface area (Å²) in [4.78, 5) is 17.4. The number of nitrogens with zero attached hydrogens (tertiary/aromatic N) is 1. The summed E-state index contributed by atoms with van der Waals surface area (Å²) >= 11 is 1.47. The number of hydrogen-bond acceptors (Lipinski definition) is 5. The van der Waals surface area contributed by atoms with E-state index in [2.05, 4.69) is 48.4 Å². The van der Waals surface area contributed by atoms with Gasteiger partial charge in [-0.15, -0.1) is 0 Å². The number of carbonyl (C=O) groups excluding carboxylic acids is 1. The van der Waals surface area contributed by atoms with E-state index in [4.69, 9.17) is 9.15 Å². The van der Waals surface area contributed by atoms with Gasteiger partial charge in [0.2, 0.25) is 5.91 Å². The zero-order valence-corrected chi connectivity index (χ0v) is 21.2. The van der Waals surface area contributed by atoms with Crippen LogP contribution in [0.3, 0.4) is 0 Å². The lowest BCUT2D eigenvalue weighted by Gasteiger charge is -2.11. The molecule has 6 heteroatoms. The summed E-state index contributed by atoms with van der Waals surface area (Å²) in [6.07, 6.45) is 3.37. The van der Waals surface area contributed by atoms with Crippen molar-refractivity contribution in [1.29, 1.82) is 0 Å². The van der Waals surface area contributed by atoms with E-state index in [0.717, 1.165) is 49.0 Å². The Labute approximate surface area is 208 Å². The average molecular weight is 483 g/mol. The fraction of sp³-hybridized carbons (Fsp3) is 0.172. The summed E-state index contributed by atoms with van der Waals surface area (Å²) in [6, 6.07) is 16.4. The molecule has 176 valence electrons. The number of fused-ring (bicyclic) bond motifs is 2. The van der Waals surface area contributed by atoms with E-state index in [1.807, 2.05) is 38.1 Å². The van der Waals surface area contributed by atoms with Crippen molar-refractivity contribution in [3.8, 4) is 16.9 Å². The van der Waals surface area contributed by atoms with Gasteiger partial charge in [0.15, 0.2) is 5.13 Å². The van der Waals surface area contributed by atoms with Gasteiger partial charge in [-0.25, -0.2) is 4.98 Å². The Morgan fingerprint density at radius 3 is 2.57 bits per heavy atom. The van der Waals surface area contributed by atoms with Gasteiger partial charge >= 0.3 is 0 Å². The summed E-state index contributed by atoms with van der Waals surface area (Å²) in [5.41, 5.74) is 8.94. The minimum Gasteiger partial charge on any atom is -0.496 e. The van der Waals surface area contributed by atoms with Crippen LogP contribution in [0.4, 0.5) is 5.13 Å². The number of nitrogens with one attached hydrogen (secondary N) is 1. The molecule has 0 saturated heterocycles. The lowest BCUT2D eigenvalue weighted by molar-refractivity contribution is -0.111. The van der Waals surface area contributed by atoms with Crippen LogP contribution in [0.25, 0.3) is 37.9 Å². The Bertz CT molecular complexity index is 1620. The zero-order chi connectivity index (χ0) is 24.7. The highest BCUT2D eigenvalue weighted by Crippen LogP contribution is 2.38. The number of furan rings is 1. The van der Waals surface area contributed by atoms with Gasteiger partial charge < -0.3 is 9.15 Å². The van der Waals surface area contributed by atoms with Crippen molar-refractivity contribution in [2.24, 2.45) is 0 Å².